The number of hydrogen-bond acceptors (Lipinski definition) is 5. The van der Waals surface area contributed by atoms with E-state index >= 15 is 0 Å². The van der Waals surface area contributed by atoms with Crippen LogP contribution in [0.2, 0.25) is 0 Å². The summed E-state index contributed by atoms with van der Waals surface area (Å²) >= 11 is 1.34. The minimum absolute atomic E-state index is 0.0149. The van der Waals surface area contributed by atoms with E-state index < -0.39 is 0 Å². The van der Waals surface area contributed by atoms with Gasteiger partial charge in [0.1, 0.15) is 0 Å². The summed E-state index contributed by atoms with van der Waals surface area (Å²) in [5.41, 5.74) is 2.46. The first-order valence-corrected chi connectivity index (χ1v) is 12.3. The van der Waals surface area contributed by atoms with Crippen molar-refractivity contribution >= 4 is 34.3 Å². The number of amides is 1. The van der Waals surface area contributed by atoms with Crippen LogP contribution in [0.1, 0.15) is 45.1 Å². The second kappa shape index (κ2) is 8.67. The molecule has 5 rings (SSSR count). The molecule has 0 saturated heterocycles. The molecule has 0 radical (unpaired) electrons. The van der Waals surface area contributed by atoms with Crippen LogP contribution in [-0.2, 0) is 4.79 Å². The zero-order valence-corrected chi connectivity index (χ0v) is 19.8. The van der Waals surface area contributed by atoms with Gasteiger partial charge in [-0.1, -0.05) is 55.9 Å². The van der Waals surface area contributed by atoms with Gasteiger partial charge >= 0.3 is 0 Å². The van der Waals surface area contributed by atoms with Crippen LogP contribution in [0.15, 0.2) is 58.5 Å². The molecule has 1 saturated carbocycles. The topological polar surface area (TPSA) is 81.3 Å². The number of carbonyl (C=O) groups excluding carboxylic acids is 1. The van der Waals surface area contributed by atoms with Crippen LogP contribution in [0.3, 0.4) is 0 Å². The summed E-state index contributed by atoms with van der Waals surface area (Å²) in [5.74, 6) is 1.51. The molecule has 1 fully saturated rings. The molecule has 0 spiro atoms. The molecule has 2 heterocycles. The number of nitrogens with zero attached hydrogens (tertiary/aromatic N) is 4. The Labute approximate surface area is 196 Å². The van der Waals surface area contributed by atoms with Crippen LogP contribution in [0, 0.1) is 5.92 Å². The van der Waals surface area contributed by atoms with Crippen molar-refractivity contribution in [3.63, 3.8) is 0 Å². The molecular formula is C25H27N5O2S. The molecule has 0 bridgehead atoms. The van der Waals surface area contributed by atoms with Crippen molar-refractivity contribution in [1.29, 1.82) is 0 Å². The maximum Gasteiger partial charge on any atom is 0.267 e. The van der Waals surface area contributed by atoms with Crippen molar-refractivity contribution in [2.45, 2.75) is 50.7 Å². The van der Waals surface area contributed by atoms with Gasteiger partial charge in [0.15, 0.2) is 5.16 Å². The Bertz CT molecular complexity index is 1400. The Morgan fingerprint density at radius 3 is 2.58 bits per heavy atom. The molecule has 1 unspecified atom stereocenters. The molecule has 1 aliphatic rings. The normalized spacial score (nSPS) is 14.8. The van der Waals surface area contributed by atoms with Crippen molar-refractivity contribution < 1.29 is 4.79 Å². The van der Waals surface area contributed by atoms with Crippen LogP contribution in [0.5, 0.6) is 0 Å². The molecule has 1 aliphatic carbocycles. The van der Waals surface area contributed by atoms with Gasteiger partial charge in [0.05, 0.1) is 22.3 Å². The van der Waals surface area contributed by atoms with Crippen molar-refractivity contribution in [2.75, 3.05) is 5.75 Å². The highest BCUT2D eigenvalue weighted by Crippen LogP contribution is 2.32. The molecule has 1 atom stereocenters. The molecule has 4 aromatic rings. The third-order valence-corrected chi connectivity index (χ3v) is 7.17. The van der Waals surface area contributed by atoms with E-state index in [9.17, 15) is 9.59 Å². The average Bonchev–Trinajstić information content (AvgIpc) is 3.58. The summed E-state index contributed by atoms with van der Waals surface area (Å²) in [6, 6.07) is 15.6. The second-order valence-electron chi connectivity index (χ2n) is 8.97. The van der Waals surface area contributed by atoms with E-state index in [4.69, 9.17) is 0 Å². The zero-order valence-electron chi connectivity index (χ0n) is 19.0. The quantitative estimate of drug-likeness (QED) is 0.418. The maximum absolute atomic E-state index is 13.6. The lowest BCUT2D eigenvalue weighted by molar-refractivity contribution is -0.119. The number of carbonyl (C=O) groups is 1. The molecule has 33 heavy (non-hydrogen) atoms. The van der Waals surface area contributed by atoms with E-state index in [0.717, 1.165) is 16.8 Å². The Balaban J connectivity index is 1.61. The number of hydrogen-bond donors (Lipinski definition) is 1. The van der Waals surface area contributed by atoms with Crippen molar-refractivity contribution in [3.8, 4) is 5.69 Å². The monoisotopic (exact) mass is 461 g/mol. The number of benzene rings is 2. The third kappa shape index (κ3) is 4.04. The first-order chi connectivity index (χ1) is 16.0. The molecule has 2 aromatic carbocycles. The van der Waals surface area contributed by atoms with E-state index in [2.05, 4.69) is 36.3 Å². The van der Waals surface area contributed by atoms with E-state index in [-0.39, 0.29) is 29.2 Å². The summed E-state index contributed by atoms with van der Waals surface area (Å²) in [5, 5.41) is 13.0. The molecule has 8 heteroatoms. The minimum Gasteiger partial charge on any atom is -0.353 e. The molecule has 7 nitrogen and oxygen atoms in total. The molecule has 0 aliphatic heterocycles. The maximum atomic E-state index is 13.6. The van der Waals surface area contributed by atoms with Gasteiger partial charge in [0.2, 0.25) is 11.7 Å². The molecule has 1 N–H and O–H groups in total. The van der Waals surface area contributed by atoms with Crippen LogP contribution in [-0.4, -0.2) is 36.9 Å². The standard InChI is InChI=1S/C25H27N5O2S/c1-15(2)18-8-4-6-10-20(18)29-23(32)19-9-5-7-11-21(19)30-24(29)27-28-25(30)33-14-22(31)26-16(3)17-12-13-17/h4-11,15-17H,12-14H2,1-3H3,(H,26,31). The van der Waals surface area contributed by atoms with Gasteiger partial charge in [-0.2, -0.15) is 0 Å². The van der Waals surface area contributed by atoms with E-state index in [1.807, 2.05) is 52.9 Å². The van der Waals surface area contributed by atoms with Crippen molar-refractivity contribution in [3.05, 3.63) is 64.4 Å². The summed E-state index contributed by atoms with van der Waals surface area (Å²) in [7, 11) is 0. The van der Waals surface area contributed by atoms with Gasteiger partial charge < -0.3 is 5.32 Å². The highest BCUT2D eigenvalue weighted by molar-refractivity contribution is 7.99. The first-order valence-electron chi connectivity index (χ1n) is 11.4. The lowest BCUT2D eigenvalue weighted by Crippen LogP contribution is -2.35. The van der Waals surface area contributed by atoms with Gasteiger partial charge in [-0.05, 0) is 55.4 Å². The van der Waals surface area contributed by atoms with Crippen molar-refractivity contribution in [2.24, 2.45) is 5.92 Å². The predicted octanol–water partition coefficient (Wildman–Crippen LogP) is 4.16. The number of rotatable bonds is 7. The Kier molecular flexibility index (Phi) is 5.70. The number of aromatic nitrogens is 4. The SMILES string of the molecule is CC(C)c1ccccc1-n1c(=O)c2ccccc2n2c(SCC(=O)NC(C)C3CC3)nnc12. The number of para-hydroxylation sites is 2. The lowest BCUT2D eigenvalue weighted by Gasteiger charge is -2.16. The number of fused-ring (bicyclic) bond motifs is 3. The largest absolute Gasteiger partial charge is 0.353 e. The van der Waals surface area contributed by atoms with Crippen LogP contribution in [0.4, 0.5) is 0 Å². The summed E-state index contributed by atoms with van der Waals surface area (Å²) in [4.78, 5) is 26.1. The van der Waals surface area contributed by atoms with Crippen molar-refractivity contribution in [1.82, 2.24) is 24.5 Å². The van der Waals surface area contributed by atoms with Crippen LogP contribution < -0.4 is 10.9 Å². The van der Waals surface area contributed by atoms with Gasteiger partial charge in [-0.3, -0.25) is 14.0 Å². The third-order valence-electron chi connectivity index (χ3n) is 6.24. The first kappa shape index (κ1) is 21.7. The predicted molar refractivity (Wildman–Crippen MR) is 131 cm³/mol. The van der Waals surface area contributed by atoms with Crippen LogP contribution >= 0.6 is 11.8 Å². The van der Waals surface area contributed by atoms with Gasteiger partial charge in [0, 0.05) is 6.04 Å². The smallest absolute Gasteiger partial charge is 0.267 e. The Hall–Kier alpha value is -3.13. The molecule has 1 amide bonds. The van der Waals surface area contributed by atoms with Gasteiger partial charge in [-0.15, -0.1) is 10.2 Å². The number of nitrogens with one attached hydrogen (secondary N) is 1. The fraction of sp³-hybridized carbons (Fsp3) is 0.360. The Morgan fingerprint density at radius 1 is 1.09 bits per heavy atom. The van der Waals surface area contributed by atoms with E-state index in [0.29, 0.717) is 22.2 Å². The van der Waals surface area contributed by atoms with E-state index in [1.165, 1.54) is 24.6 Å². The van der Waals surface area contributed by atoms with Crippen LogP contribution in [0.25, 0.3) is 22.4 Å². The molecule has 2 aromatic heterocycles. The summed E-state index contributed by atoms with van der Waals surface area (Å²) in [6.07, 6.45) is 2.37. The summed E-state index contributed by atoms with van der Waals surface area (Å²) in [6.45, 7) is 6.27. The zero-order chi connectivity index (χ0) is 23.1. The van der Waals surface area contributed by atoms with E-state index in [1.54, 1.807) is 4.57 Å². The minimum atomic E-state index is -0.133. The average molecular weight is 462 g/mol. The molecular weight excluding hydrogens is 434 g/mol. The van der Waals surface area contributed by atoms with Gasteiger partial charge in [0.25, 0.3) is 5.56 Å². The fourth-order valence-electron chi connectivity index (χ4n) is 4.31. The van der Waals surface area contributed by atoms with Gasteiger partial charge in [-0.25, -0.2) is 4.57 Å². The highest BCUT2D eigenvalue weighted by atomic mass is 32.2. The lowest BCUT2D eigenvalue weighted by atomic mass is 10.0. The highest BCUT2D eigenvalue weighted by Gasteiger charge is 2.29. The summed E-state index contributed by atoms with van der Waals surface area (Å²) < 4.78 is 3.53. The second-order valence-corrected chi connectivity index (χ2v) is 9.91. The number of thioether (sulfide) groups is 1. The molecule has 170 valence electrons. The fourth-order valence-corrected chi connectivity index (χ4v) is 5.06. The Morgan fingerprint density at radius 2 is 1.82 bits per heavy atom.